The number of rotatable bonds is 5. The monoisotopic (exact) mass is 392 g/mol. The van der Waals surface area contributed by atoms with Crippen molar-refractivity contribution in [2.75, 3.05) is 25.6 Å². The first-order chi connectivity index (χ1) is 12.8. The SMILES string of the molecule is C[C@@H]1CCCC[C@]12NC(=O)N(CN(C)CC(=O)Nc1ccccc1Cl)C2=O. The Balaban J connectivity index is 1.60. The number of carbonyl (C=O) groups excluding carboxylic acids is 3. The van der Waals surface area contributed by atoms with E-state index in [1.165, 1.54) is 4.90 Å². The maximum atomic E-state index is 13.0. The molecule has 0 aromatic heterocycles. The van der Waals surface area contributed by atoms with Crippen molar-refractivity contribution in [2.24, 2.45) is 5.92 Å². The molecule has 0 radical (unpaired) electrons. The van der Waals surface area contributed by atoms with Gasteiger partial charge in [0.1, 0.15) is 5.54 Å². The molecule has 1 aliphatic carbocycles. The number of para-hydroxylation sites is 1. The van der Waals surface area contributed by atoms with E-state index >= 15 is 0 Å². The van der Waals surface area contributed by atoms with Crippen molar-refractivity contribution in [1.82, 2.24) is 15.1 Å². The number of urea groups is 1. The third-order valence-corrected chi connectivity index (χ3v) is 5.78. The molecule has 1 spiro atoms. The third-order valence-electron chi connectivity index (χ3n) is 5.45. The Morgan fingerprint density at radius 2 is 2.11 bits per heavy atom. The van der Waals surface area contributed by atoms with E-state index in [2.05, 4.69) is 10.6 Å². The Hall–Kier alpha value is -2.12. The van der Waals surface area contributed by atoms with E-state index in [1.807, 2.05) is 6.92 Å². The molecule has 1 aromatic rings. The number of amides is 4. The lowest BCUT2D eigenvalue weighted by molar-refractivity contribution is -0.136. The highest BCUT2D eigenvalue weighted by molar-refractivity contribution is 6.33. The maximum Gasteiger partial charge on any atom is 0.326 e. The van der Waals surface area contributed by atoms with Crippen molar-refractivity contribution in [3.05, 3.63) is 29.3 Å². The van der Waals surface area contributed by atoms with E-state index in [4.69, 9.17) is 11.6 Å². The lowest BCUT2D eigenvalue weighted by Gasteiger charge is -2.37. The lowest BCUT2D eigenvalue weighted by atomic mass is 9.73. The molecule has 1 heterocycles. The van der Waals surface area contributed by atoms with Gasteiger partial charge >= 0.3 is 6.03 Å². The van der Waals surface area contributed by atoms with E-state index in [-0.39, 0.29) is 37.0 Å². The molecule has 1 saturated heterocycles. The summed E-state index contributed by atoms with van der Waals surface area (Å²) in [6.07, 6.45) is 3.61. The minimum Gasteiger partial charge on any atom is -0.324 e. The molecule has 2 atom stereocenters. The average Bonchev–Trinajstić information content (AvgIpc) is 2.84. The highest BCUT2D eigenvalue weighted by Crippen LogP contribution is 2.38. The Kier molecular flexibility index (Phi) is 5.72. The number of hydrogen-bond donors (Lipinski definition) is 2. The van der Waals surface area contributed by atoms with Gasteiger partial charge in [0.2, 0.25) is 5.91 Å². The molecular formula is C19H25ClN4O3. The van der Waals surface area contributed by atoms with E-state index < -0.39 is 5.54 Å². The molecular weight excluding hydrogens is 368 g/mol. The van der Waals surface area contributed by atoms with Gasteiger partial charge in [0.25, 0.3) is 5.91 Å². The maximum absolute atomic E-state index is 13.0. The summed E-state index contributed by atoms with van der Waals surface area (Å²) in [7, 11) is 1.70. The van der Waals surface area contributed by atoms with E-state index in [0.29, 0.717) is 17.1 Å². The van der Waals surface area contributed by atoms with Crippen molar-refractivity contribution in [2.45, 2.75) is 38.1 Å². The molecule has 8 heteroatoms. The molecule has 0 unspecified atom stereocenters. The molecule has 7 nitrogen and oxygen atoms in total. The van der Waals surface area contributed by atoms with Crippen LogP contribution in [0, 0.1) is 5.92 Å². The van der Waals surface area contributed by atoms with Crippen LogP contribution in [-0.2, 0) is 9.59 Å². The Morgan fingerprint density at radius 1 is 1.37 bits per heavy atom. The zero-order valence-corrected chi connectivity index (χ0v) is 16.4. The van der Waals surface area contributed by atoms with Gasteiger partial charge in [-0.05, 0) is 37.9 Å². The quantitative estimate of drug-likeness (QED) is 0.755. The molecule has 1 aromatic carbocycles. The number of carbonyl (C=O) groups is 3. The molecule has 0 bridgehead atoms. The van der Waals surface area contributed by atoms with Crippen LogP contribution < -0.4 is 10.6 Å². The number of nitrogens with one attached hydrogen (secondary N) is 2. The van der Waals surface area contributed by atoms with Gasteiger partial charge in [-0.3, -0.25) is 14.5 Å². The average molecular weight is 393 g/mol. The predicted octanol–water partition coefficient (Wildman–Crippen LogP) is 2.67. The molecule has 2 fully saturated rings. The van der Waals surface area contributed by atoms with Crippen LogP contribution in [0.25, 0.3) is 0 Å². The lowest BCUT2D eigenvalue weighted by Crippen LogP contribution is -2.54. The smallest absolute Gasteiger partial charge is 0.324 e. The van der Waals surface area contributed by atoms with Crippen LogP contribution in [0.5, 0.6) is 0 Å². The number of halogens is 1. The van der Waals surface area contributed by atoms with Gasteiger partial charge in [0.05, 0.1) is 23.9 Å². The van der Waals surface area contributed by atoms with Crippen LogP contribution in [0.2, 0.25) is 5.02 Å². The number of nitrogens with zero attached hydrogens (tertiary/aromatic N) is 2. The standard InChI is InChI=1S/C19H25ClN4O3/c1-13-7-5-6-10-19(13)17(26)24(18(27)22-19)12-23(2)11-16(25)21-15-9-4-3-8-14(15)20/h3-4,8-9,13H,5-7,10-12H2,1-2H3,(H,21,25)(H,22,27)/t13-,19+/m1/s1. The molecule has 1 aliphatic heterocycles. The van der Waals surface area contributed by atoms with Crippen LogP contribution in [0.15, 0.2) is 24.3 Å². The normalized spacial score (nSPS) is 25.2. The summed E-state index contributed by atoms with van der Waals surface area (Å²) in [6.45, 7) is 2.11. The number of anilines is 1. The second-order valence-electron chi connectivity index (χ2n) is 7.47. The Morgan fingerprint density at radius 3 is 2.81 bits per heavy atom. The van der Waals surface area contributed by atoms with E-state index in [0.717, 1.165) is 19.3 Å². The van der Waals surface area contributed by atoms with Gasteiger partial charge in [-0.15, -0.1) is 0 Å². The summed E-state index contributed by atoms with van der Waals surface area (Å²) in [5.74, 6) is -0.335. The van der Waals surface area contributed by atoms with Gasteiger partial charge in [-0.2, -0.15) is 0 Å². The zero-order valence-electron chi connectivity index (χ0n) is 15.6. The van der Waals surface area contributed by atoms with Gasteiger partial charge in [-0.1, -0.05) is 43.5 Å². The van der Waals surface area contributed by atoms with Crippen molar-refractivity contribution in [3.8, 4) is 0 Å². The topological polar surface area (TPSA) is 81.8 Å². The van der Waals surface area contributed by atoms with Crippen LogP contribution in [-0.4, -0.2) is 53.4 Å². The third kappa shape index (κ3) is 3.94. The fourth-order valence-electron chi connectivity index (χ4n) is 3.91. The van der Waals surface area contributed by atoms with Crippen LogP contribution in [0.3, 0.4) is 0 Å². The van der Waals surface area contributed by atoms with Gasteiger partial charge in [0.15, 0.2) is 0 Å². The van der Waals surface area contributed by atoms with Gasteiger partial charge in [0, 0.05) is 0 Å². The second kappa shape index (κ2) is 7.86. The number of hydrogen-bond acceptors (Lipinski definition) is 4. The highest BCUT2D eigenvalue weighted by Gasteiger charge is 2.54. The number of likely N-dealkylation sites (N-methyl/N-ethyl adjacent to an activating group) is 1. The van der Waals surface area contributed by atoms with Crippen molar-refractivity contribution < 1.29 is 14.4 Å². The number of benzene rings is 1. The first-order valence-corrected chi connectivity index (χ1v) is 9.58. The minimum absolute atomic E-state index is 0.0326. The summed E-state index contributed by atoms with van der Waals surface area (Å²) >= 11 is 6.04. The molecule has 2 aliphatic rings. The molecule has 1 saturated carbocycles. The van der Waals surface area contributed by atoms with Crippen LogP contribution in [0.4, 0.5) is 10.5 Å². The van der Waals surface area contributed by atoms with E-state index in [1.54, 1.807) is 36.2 Å². The van der Waals surface area contributed by atoms with Crippen LogP contribution in [0.1, 0.15) is 32.6 Å². The summed E-state index contributed by atoms with van der Waals surface area (Å²) in [6, 6.07) is 6.59. The first kappa shape index (κ1) is 19.6. The summed E-state index contributed by atoms with van der Waals surface area (Å²) < 4.78 is 0. The summed E-state index contributed by atoms with van der Waals surface area (Å²) in [4.78, 5) is 40.5. The molecule has 4 amide bonds. The largest absolute Gasteiger partial charge is 0.326 e. The minimum atomic E-state index is -0.782. The second-order valence-corrected chi connectivity index (χ2v) is 7.87. The zero-order chi connectivity index (χ0) is 19.6. The van der Waals surface area contributed by atoms with Crippen molar-refractivity contribution in [1.29, 1.82) is 0 Å². The van der Waals surface area contributed by atoms with Crippen LogP contribution >= 0.6 is 11.6 Å². The fourth-order valence-corrected chi connectivity index (χ4v) is 4.10. The summed E-state index contributed by atoms with van der Waals surface area (Å²) in [5, 5.41) is 6.11. The van der Waals surface area contributed by atoms with Crippen molar-refractivity contribution >= 4 is 35.1 Å². The fraction of sp³-hybridized carbons (Fsp3) is 0.526. The Labute approximate surface area is 164 Å². The molecule has 3 rings (SSSR count). The van der Waals surface area contributed by atoms with E-state index in [9.17, 15) is 14.4 Å². The predicted molar refractivity (Wildman–Crippen MR) is 103 cm³/mol. The molecule has 146 valence electrons. The first-order valence-electron chi connectivity index (χ1n) is 9.20. The molecule has 27 heavy (non-hydrogen) atoms. The van der Waals surface area contributed by atoms with Gasteiger partial charge < -0.3 is 10.6 Å². The summed E-state index contributed by atoms with van der Waals surface area (Å²) in [5.41, 5.74) is -0.252. The van der Waals surface area contributed by atoms with Crippen molar-refractivity contribution in [3.63, 3.8) is 0 Å². The molecule has 2 N–H and O–H groups in total. The number of imide groups is 1. The Bertz CT molecular complexity index is 756. The van der Waals surface area contributed by atoms with Gasteiger partial charge in [-0.25, -0.2) is 9.69 Å². The highest BCUT2D eigenvalue weighted by atomic mass is 35.5.